The number of nitrogens with zero attached hydrogens (tertiary/aromatic N) is 1. The predicted octanol–water partition coefficient (Wildman–Crippen LogP) is 2.02. The number of carbonyl (C=O) groups excluding carboxylic acids is 1. The lowest BCUT2D eigenvalue weighted by atomic mass is 10.1. The van der Waals surface area contributed by atoms with Crippen LogP contribution < -0.4 is 0 Å². The average molecular weight is 211 g/mol. The molecule has 3 heteroatoms. The second kappa shape index (κ2) is 4.45. The lowest BCUT2D eigenvalue weighted by Gasteiger charge is -2.04. The summed E-state index contributed by atoms with van der Waals surface area (Å²) in [6, 6.07) is 9.06. The maximum atomic E-state index is 11.7. The van der Waals surface area contributed by atoms with Crippen LogP contribution in [-0.2, 0) is 4.74 Å². The Morgan fingerprint density at radius 1 is 1.38 bits per heavy atom. The molecule has 0 amide bonds. The van der Waals surface area contributed by atoms with E-state index in [0.717, 1.165) is 5.39 Å². The van der Waals surface area contributed by atoms with E-state index in [1.807, 2.05) is 18.2 Å². The van der Waals surface area contributed by atoms with Crippen LogP contribution in [0.25, 0.3) is 10.9 Å². The molecule has 2 rings (SSSR count). The Morgan fingerprint density at radius 3 is 3.00 bits per heavy atom. The summed E-state index contributed by atoms with van der Waals surface area (Å²) in [5.41, 5.74) is 1.07. The van der Waals surface area contributed by atoms with Crippen LogP contribution in [0.5, 0.6) is 0 Å². The molecule has 0 N–H and O–H groups in total. The van der Waals surface area contributed by atoms with Crippen molar-refractivity contribution in [1.82, 2.24) is 4.98 Å². The quantitative estimate of drug-likeness (QED) is 0.563. The summed E-state index contributed by atoms with van der Waals surface area (Å²) in [5, 5.41) is 0.901. The van der Waals surface area contributed by atoms with E-state index in [-0.39, 0.29) is 6.61 Å². The Hall–Kier alpha value is -2.34. The van der Waals surface area contributed by atoms with Gasteiger partial charge < -0.3 is 4.74 Å². The fourth-order valence-corrected chi connectivity index (χ4v) is 1.45. The van der Waals surface area contributed by atoms with Crippen molar-refractivity contribution in [3.8, 4) is 12.3 Å². The van der Waals surface area contributed by atoms with E-state index in [1.54, 1.807) is 18.3 Å². The third-order valence-corrected chi connectivity index (χ3v) is 2.14. The number of fused-ring (bicyclic) bond motifs is 1. The van der Waals surface area contributed by atoms with Crippen LogP contribution in [0.1, 0.15) is 10.4 Å². The van der Waals surface area contributed by atoms with Crippen molar-refractivity contribution in [3.63, 3.8) is 0 Å². The van der Waals surface area contributed by atoms with Gasteiger partial charge in [0, 0.05) is 11.6 Å². The highest BCUT2D eigenvalue weighted by atomic mass is 16.5. The molecule has 0 atom stereocenters. The highest BCUT2D eigenvalue weighted by molar-refractivity contribution is 6.02. The topological polar surface area (TPSA) is 39.2 Å². The van der Waals surface area contributed by atoms with Gasteiger partial charge in [-0.2, -0.15) is 0 Å². The summed E-state index contributed by atoms with van der Waals surface area (Å²) in [7, 11) is 0. The number of aromatic nitrogens is 1. The minimum atomic E-state index is -0.442. The summed E-state index contributed by atoms with van der Waals surface area (Å²) in [6.45, 7) is -0.0257. The molecule has 1 heterocycles. The molecule has 0 saturated heterocycles. The van der Waals surface area contributed by atoms with Crippen molar-refractivity contribution >= 4 is 16.9 Å². The summed E-state index contributed by atoms with van der Waals surface area (Å²) < 4.78 is 4.87. The summed E-state index contributed by atoms with van der Waals surface area (Å²) >= 11 is 0. The van der Waals surface area contributed by atoms with E-state index in [1.165, 1.54) is 0 Å². The maximum absolute atomic E-state index is 11.7. The van der Waals surface area contributed by atoms with Gasteiger partial charge in [-0.05, 0) is 12.1 Å². The van der Waals surface area contributed by atoms with Crippen molar-refractivity contribution in [1.29, 1.82) is 0 Å². The van der Waals surface area contributed by atoms with Crippen LogP contribution in [0.4, 0.5) is 0 Å². The van der Waals surface area contributed by atoms with Gasteiger partial charge in [-0.3, -0.25) is 4.98 Å². The third-order valence-electron chi connectivity index (χ3n) is 2.14. The Balaban J connectivity index is 2.45. The van der Waals surface area contributed by atoms with E-state index in [9.17, 15) is 4.79 Å². The van der Waals surface area contributed by atoms with E-state index < -0.39 is 5.97 Å². The molecular weight excluding hydrogens is 202 g/mol. The molecule has 1 aromatic heterocycles. The number of benzene rings is 1. The molecule has 0 spiro atoms. The van der Waals surface area contributed by atoms with Crippen LogP contribution in [-0.4, -0.2) is 17.6 Å². The molecule has 3 nitrogen and oxygen atoms in total. The number of esters is 1. The van der Waals surface area contributed by atoms with Gasteiger partial charge in [0.05, 0.1) is 11.1 Å². The van der Waals surface area contributed by atoms with Gasteiger partial charge in [-0.15, -0.1) is 6.42 Å². The summed E-state index contributed by atoms with van der Waals surface area (Å²) in [5.74, 6) is 1.81. The first-order chi connectivity index (χ1) is 7.83. The molecule has 0 fully saturated rings. The molecule has 78 valence electrons. The van der Waals surface area contributed by atoms with Gasteiger partial charge in [-0.1, -0.05) is 24.1 Å². The molecule has 2 aromatic rings. The first-order valence-electron chi connectivity index (χ1n) is 4.77. The highest BCUT2D eigenvalue weighted by Gasteiger charge is 2.11. The second-order valence-corrected chi connectivity index (χ2v) is 3.16. The monoisotopic (exact) mass is 211 g/mol. The molecule has 1 aromatic carbocycles. The summed E-state index contributed by atoms with van der Waals surface area (Å²) in [4.78, 5) is 15.8. The van der Waals surface area contributed by atoms with Crippen molar-refractivity contribution < 1.29 is 9.53 Å². The minimum Gasteiger partial charge on any atom is -0.449 e. The zero-order valence-corrected chi connectivity index (χ0v) is 8.51. The van der Waals surface area contributed by atoms with E-state index in [4.69, 9.17) is 11.2 Å². The Bertz CT molecular complexity index is 564. The smallest absolute Gasteiger partial charge is 0.341 e. The fraction of sp³-hybridized carbons (Fsp3) is 0.0769. The molecule has 0 bridgehead atoms. The number of carbonyl (C=O) groups is 1. The van der Waals surface area contributed by atoms with Crippen molar-refractivity contribution in [3.05, 3.63) is 42.1 Å². The number of hydrogen-bond acceptors (Lipinski definition) is 3. The van der Waals surface area contributed by atoms with Gasteiger partial charge in [0.25, 0.3) is 0 Å². The molecule has 0 saturated carbocycles. The Morgan fingerprint density at radius 2 is 2.19 bits per heavy atom. The standard InChI is InChI=1S/C13H9NO2/c1-2-9-16-13(15)11-7-3-5-10-6-4-8-14-12(10)11/h1,3-8H,9H2. The van der Waals surface area contributed by atoms with Gasteiger partial charge in [0.1, 0.15) is 0 Å². The SMILES string of the molecule is C#CCOC(=O)c1cccc2cccnc12. The summed E-state index contributed by atoms with van der Waals surface area (Å²) in [6.07, 6.45) is 6.66. The van der Waals surface area contributed by atoms with Gasteiger partial charge >= 0.3 is 5.97 Å². The number of rotatable bonds is 2. The lowest BCUT2D eigenvalue weighted by molar-refractivity contribution is 0.0559. The number of ether oxygens (including phenoxy) is 1. The second-order valence-electron chi connectivity index (χ2n) is 3.16. The molecule has 0 radical (unpaired) electrons. The maximum Gasteiger partial charge on any atom is 0.341 e. The van der Waals surface area contributed by atoms with Crippen LogP contribution in [0.15, 0.2) is 36.5 Å². The van der Waals surface area contributed by atoms with Crippen molar-refractivity contribution in [2.75, 3.05) is 6.61 Å². The van der Waals surface area contributed by atoms with Crippen LogP contribution >= 0.6 is 0 Å². The first-order valence-corrected chi connectivity index (χ1v) is 4.77. The molecule has 0 unspecified atom stereocenters. The molecule has 0 aliphatic heterocycles. The largest absolute Gasteiger partial charge is 0.449 e. The number of hydrogen-bond donors (Lipinski definition) is 0. The van der Waals surface area contributed by atoms with Gasteiger partial charge in [0.15, 0.2) is 6.61 Å². The molecule has 0 aliphatic carbocycles. The van der Waals surface area contributed by atoms with Crippen LogP contribution in [0.2, 0.25) is 0 Å². The minimum absolute atomic E-state index is 0.0257. The van der Waals surface area contributed by atoms with Crippen LogP contribution in [0, 0.1) is 12.3 Å². The van der Waals surface area contributed by atoms with Crippen LogP contribution in [0.3, 0.4) is 0 Å². The van der Waals surface area contributed by atoms with E-state index >= 15 is 0 Å². The lowest BCUT2D eigenvalue weighted by Crippen LogP contribution is -2.06. The van der Waals surface area contributed by atoms with E-state index in [2.05, 4.69) is 10.9 Å². The molecule has 0 aliphatic rings. The Kier molecular flexibility index (Phi) is 2.84. The highest BCUT2D eigenvalue weighted by Crippen LogP contribution is 2.16. The fourth-order valence-electron chi connectivity index (χ4n) is 1.45. The van der Waals surface area contributed by atoms with E-state index in [0.29, 0.717) is 11.1 Å². The third kappa shape index (κ3) is 1.86. The van der Waals surface area contributed by atoms with Gasteiger partial charge in [-0.25, -0.2) is 4.79 Å². The first kappa shape index (κ1) is 10.2. The zero-order valence-electron chi connectivity index (χ0n) is 8.51. The normalized spacial score (nSPS) is 9.69. The van der Waals surface area contributed by atoms with Crippen molar-refractivity contribution in [2.45, 2.75) is 0 Å². The number of para-hydroxylation sites is 1. The predicted molar refractivity (Wildman–Crippen MR) is 60.9 cm³/mol. The van der Waals surface area contributed by atoms with Crippen molar-refractivity contribution in [2.24, 2.45) is 0 Å². The van der Waals surface area contributed by atoms with Gasteiger partial charge in [0.2, 0.25) is 0 Å². The molecular formula is C13H9NO2. The Labute approximate surface area is 93.1 Å². The zero-order chi connectivity index (χ0) is 11.4. The number of pyridine rings is 1. The average Bonchev–Trinajstić information content (AvgIpc) is 2.35. The number of terminal acetylenes is 1. The molecule has 16 heavy (non-hydrogen) atoms.